The van der Waals surface area contributed by atoms with Crippen LogP contribution in [-0.2, 0) is 4.74 Å². The normalized spacial score (nSPS) is 14.4. The van der Waals surface area contributed by atoms with Crippen molar-refractivity contribution >= 4 is 0 Å². The number of hydrogen-bond acceptors (Lipinski definition) is 2. The van der Waals surface area contributed by atoms with Crippen molar-refractivity contribution in [3.05, 3.63) is 34.4 Å². The average Bonchev–Trinajstić information content (AvgIpc) is 2.27. The third-order valence-electron chi connectivity index (χ3n) is 3.59. The maximum absolute atomic E-state index is 6.28. The van der Waals surface area contributed by atoms with Crippen LogP contribution in [0.4, 0.5) is 0 Å². The van der Waals surface area contributed by atoms with Crippen molar-refractivity contribution in [1.29, 1.82) is 0 Å². The summed E-state index contributed by atoms with van der Waals surface area (Å²) in [4.78, 5) is 0. The molecule has 0 saturated heterocycles. The van der Waals surface area contributed by atoms with Crippen LogP contribution in [0.1, 0.15) is 55.0 Å². The van der Waals surface area contributed by atoms with E-state index in [1.807, 2.05) is 0 Å². The van der Waals surface area contributed by atoms with E-state index in [-0.39, 0.29) is 6.04 Å². The molecular formula is C17H29NO. The smallest absolute Gasteiger partial charge is 0.0659 e. The molecule has 1 rings (SSSR count). The minimum absolute atomic E-state index is 0.0190. The summed E-state index contributed by atoms with van der Waals surface area (Å²) in [5, 5.41) is 0. The topological polar surface area (TPSA) is 35.2 Å². The van der Waals surface area contributed by atoms with E-state index >= 15 is 0 Å². The van der Waals surface area contributed by atoms with Gasteiger partial charge in [-0.15, -0.1) is 0 Å². The Hall–Kier alpha value is -0.860. The van der Waals surface area contributed by atoms with Gasteiger partial charge in [0.05, 0.1) is 12.6 Å². The number of nitrogens with two attached hydrogens (primary N) is 1. The molecule has 2 heteroatoms. The van der Waals surface area contributed by atoms with Crippen LogP contribution in [0.25, 0.3) is 0 Å². The molecule has 0 aliphatic heterocycles. The molecule has 2 unspecified atom stereocenters. The lowest BCUT2D eigenvalue weighted by Crippen LogP contribution is -2.21. The SMILES string of the molecule is CCCC(C)COCC(N)c1c(C)cc(C)cc1C. The molecule has 0 spiro atoms. The van der Waals surface area contributed by atoms with Crippen LogP contribution in [0.3, 0.4) is 0 Å². The lowest BCUT2D eigenvalue weighted by Gasteiger charge is -2.19. The summed E-state index contributed by atoms with van der Waals surface area (Å²) in [6.07, 6.45) is 2.44. The van der Waals surface area contributed by atoms with Gasteiger partial charge in [0, 0.05) is 6.61 Å². The third kappa shape index (κ3) is 4.96. The summed E-state index contributed by atoms with van der Waals surface area (Å²) in [5.74, 6) is 0.623. The van der Waals surface area contributed by atoms with Gasteiger partial charge in [0.1, 0.15) is 0 Å². The van der Waals surface area contributed by atoms with E-state index in [2.05, 4.69) is 46.8 Å². The zero-order valence-electron chi connectivity index (χ0n) is 13.1. The number of rotatable bonds is 7. The van der Waals surface area contributed by atoms with E-state index in [9.17, 15) is 0 Å². The Kier molecular flexibility index (Phi) is 6.53. The minimum Gasteiger partial charge on any atom is -0.379 e. The van der Waals surface area contributed by atoms with Gasteiger partial charge in [0.25, 0.3) is 0 Å². The van der Waals surface area contributed by atoms with Gasteiger partial charge in [-0.3, -0.25) is 0 Å². The predicted octanol–water partition coefficient (Wildman–Crippen LogP) is 4.06. The highest BCUT2D eigenvalue weighted by molar-refractivity contribution is 5.39. The molecule has 2 atom stereocenters. The third-order valence-corrected chi connectivity index (χ3v) is 3.59. The molecule has 0 aliphatic rings. The highest BCUT2D eigenvalue weighted by Gasteiger charge is 2.13. The molecule has 2 N–H and O–H groups in total. The zero-order valence-corrected chi connectivity index (χ0v) is 13.1. The molecule has 1 aromatic rings. The highest BCUT2D eigenvalue weighted by atomic mass is 16.5. The molecule has 2 nitrogen and oxygen atoms in total. The Labute approximate surface area is 118 Å². The van der Waals surface area contributed by atoms with Gasteiger partial charge in [0.2, 0.25) is 0 Å². The summed E-state index contributed by atoms with van der Waals surface area (Å²) < 4.78 is 5.78. The van der Waals surface area contributed by atoms with Crippen molar-refractivity contribution in [3.8, 4) is 0 Å². The zero-order chi connectivity index (χ0) is 14.4. The molecule has 108 valence electrons. The van der Waals surface area contributed by atoms with Crippen LogP contribution in [0.2, 0.25) is 0 Å². The first-order chi connectivity index (χ1) is 8.95. The van der Waals surface area contributed by atoms with Crippen LogP contribution in [0.15, 0.2) is 12.1 Å². The first-order valence-electron chi connectivity index (χ1n) is 7.36. The molecule has 0 heterocycles. The van der Waals surface area contributed by atoms with E-state index < -0.39 is 0 Å². The predicted molar refractivity (Wildman–Crippen MR) is 82.5 cm³/mol. The van der Waals surface area contributed by atoms with Gasteiger partial charge in [-0.05, 0) is 49.8 Å². The Morgan fingerprint density at radius 3 is 2.21 bits per heavy atom. The average molecular weight is 263 g/mol. The maximum Gasteiger partial charge on any atom is 0.0659 e. The number of benzene rings is 1. The van der Waals surface area contributed by atoms with Crippen molar-refractivity contribution in [2.75, 3.05) is 13.2 Å². The lowest BCUT2D eigenvalue weighted by molar-refractivity contribution is 0.0907. The molecule has 0 fully saturated rings. The van der Waals surface area contributed by atoms with Gasteiger partial charge in [-0.1, -0.05) is 38.0 Å². The van der Waals surface area contributed by atoms with Gasteiger partial charge in [-0.2, -0.15) is 0 Å². The van der Waals surface area contributed by atoms with E-state index in [0.29, 0.717) is 12.5 Å². The molecule has 0 saturated carbocycles. The minimum atomic E-state index is -0.0190. The van der Waals surface area contributed by atoms with Crippen molar-refractivity contribution in [3.63, 3.8) is 0 Å². The van der Waals surface area contributed by atoms with E-state index in [4.69, 9.17) is 10.5 Å². The van der Waals surface area contributed by atoms with Crippen LogP contribution >= 0.6 is 0 Å². The summed E-state index contributed by atoms with van der Waals surface area (Å²) in [5.41, 5.74) is 11.4. The van der Waals surface area contributed by atoms with E-state index in [1.165, 1.54) is 35.1 Å². The fraction of sp³-hybridized carbons (Fsp3) is 0.647. The quantitative estimate of drug-likeness (QED) is 0.805. The highest BCUT2D eigenvalue weighted by Crippen LogP contribution is 2.22. The Bertz CT molecular complexity index is 377. The first-order valence-corrected chi connectivity index (χ1v) is 7.36. The molecule has 0 radical (unpaired) electrons. The standard InChI is InChI=1S/C17H29NO/c1-6-7-12(2)10-19-11-16(18)17-14(4)8-13(3)9-15(17)5/h8-9,12,16H,6-7,10-11,18H2,1-5H3. The van der Waals surface area contributed by atoms with E-state index in [1.54, 1.807) is 0 Å². The maximum atomic E-state index is 6.28. The van der Waals surface area contributed by atoms with Crippen LogP contribution < -0.4 is 5.73 Å². The fourth-order valence-corrected chi connectivity index (χ4v) is 2.83. The second-order valence-electron chi connectivity index (χ2n) is 5.85. The van der Waals surface area contributed by atoms with Gasteiger partial charge in [0.15, 0.2) is 0 Å². The molecule has 0 aromatic heterocycles. The van der Waals surface area contributed by atoms with Crippen molar-refractivity contribution < 1.29 is 4.74 Å². The molecule has 0 bridgehead atoms. The fourth-order valence-electron chi connectivity index (χ4n) is 2.83. The van der Waals surface area contributed by atoms with Crippen molar-refractivity contribution in [2.24, 2.45) is 11.7 Å². The summed E-state index contributed by atoms with van der Waals surface area (Å²) in [7, 11) is 0. The van der Waals surface area contributed by atoms with Gasteiger partial charge in [-0.25, -0.2) is 0 Å². The summed E-state index contributed by atoms with van der Waals surface area (Å²) >= 11 is 0. The van der Waals surface area contributed by atoms with Gasteiger partial charge >= 0.3 is 0 Å². The lowest BCUT2D eigenvalue weighted by atomic mass is 9.95. The Balaban J connectivity index is 2.56. The monoisotopic (exact) mass is 263 g/mol. The number of aryl methyl sites for hydroxylation is 3. The number of ether oxygens (including phenoxy) is 1. The summed E-state index contributed by atoms with van der Waals surface area (Å²) in [6.45, 7) is 12.3. The van der Waals surface area contributed by atoms with E-state index in [0.717, 1.165) is 6.61 Å². The van der Waals surface area contributed by atoms with Gasteiger partial charge < -0.3 is 10.5 Å². The van der Waals surface area contributed by atoms with Crippen LogP contribution in [-0.4, -0.2) is 13.2 Å². The van der Waals surface area contributed by atoms with Crippen LogP contribution in [0.5, 0.6) is 0 Å². The Morgan fingerprint density at radius 1 is 1.11 bits per heavy atom. The molecular weight excluding hydrogens is 234 g/mol. The molecule has 1 aromatic carbocycles. The van der Waals surface area contributed by atoms with Crippen LogP contribution in [0, 0.1) is 26.7 Å². The second kappa shape index (κ2) is 7.66. The molecule has 0 amide bonds. The Morgan fingerprint density at radius 2 is 1.68 bits per heavy atom. The largest absolute Gasteiger partial charge is 0.379 e. The molecule has 0 aliphatic carbocycles. The number of hydrogen-bond donors (Lipinski definition) is 1. The van der Waals surface area contributed by atoms with Crippen molar-refractivity contribution in [2.45, 2.75) is 53.5 Å². The van der Waals surface area contributed by atoms with Crippen molar-refractivity contribution in [1.82, 2.24) is 0 Å². The first kappa shape index (κ1) is 16.2. The summed E-state index contributed by atoms with van der Waals surface area (Å²) in [6, 6.07) is 4.37. The second-order valence-corrected chi connectivity index (χ2v) is 5.85. The molecule has 19 heavy (non-hydrogen) atoms.